The summed E-state index contributed by atoms with van der Waals surface area (Å²) in [5.74, 6) is -0.805. The van der Waals surface area contributed by atoms with E-state index in [4.69, 9.17) is 24.7 Å². The number of likely N-dealkylation sites (tertiary alicyclic amines) is 1. The highest BCUT2D eigenvalue weighted by Crippen LogP contribution is 2.48. The van der Waals surface area contributed by atoms with Gasteiger partial charge >= 0.3 is 6.09 Å². The van der Waals surface area contributed by atoms with E-state index in [0.717, 1.165) is 28.1 Å². The Hall–Kier alpha value is -5.19. The van der Waals surface area contributed by atoms with Crippen LogP contribution in [0, 0.1) is 12.3 Å². The first-order valence-electron chi connectivity index (χ1n) is 22.5. The highest BCUT2D eigenvalue weighted by molar-refractivity contribution is 7.13. The molecule has 1 fully saturated rings. The fraction of sp³-hybridized carbons (Fsp3) is 0.500. The van der Waals surface area contributed by atoms with E-state index in [9.17, 15) is 14.4 Å². The van der Waals surface area contributed by atoms with Gasteiger partial charge in [-0.3, -0.25) is 14.4 Å². The Morgan fingerprint density at radius 1 is 0.831 bits per heavy atom. The minimum atomic E-state index is -0.954. The maximum atomic E-state index is 15.2. The van der Waals surface area contributed by atoms with Crippen LogP contribution >= 0.6 is 11.3 Å². The van der Waals surface area contributed by atoms with Crippen molar-refractivity contribution in [2.45, 2.75) is 103 Å². The number of hydrogen-bond acceptors (Lipinski definition) is 11. The monoisotopic (exact) mass is 911 g/mol. The highest BCUT2D eigenvalue weighted by atomic mass is 32.1. The smallest absolute Gasteiger partial charge is 0.404 e. The number of primary amides is 1. The summed E-state index contributed by atoms with van der Waals surface area (Å²) in [6.45, 7) is 14.0. The van der Waals surface area contributed by atoms with Crippen molar-refractivity contribution in [3.05, 3.63) is 101 Å². The number of nitrogens with two attached hydrogens (primary N) is 1. The van der Waals surface area contributed by atoms with Crippen LogP contribution in [0.1, 0.15) is 88.6 Å². The molecular formula is C50H65N5O9S. The molecule has 2 heterocycles. The molecule has 6 rings (SSSR count). The number of rotatable bonds is 23. The maximum absolute atomic E-state index is 15.2. The minimum absolute atomic E-state index is 0.0211. The van der Waals surface area contributed by atoms with Crippen molar-refractivity contribution < 1.29 is 42.9 Å². The Morgan fingerprint density at radius 3 is 2.02 bits per heavy atom. The molecule has 65 heavy (non-hydrogen) atoms. The van der Waals surface area contributed by atoms with E-state index in [1.165, 1.54) is 22.3 Å². The molecule has 4 aromatic rings. The quantitative estimate of drug-likeness (QED) is 0.0647. The molecule has 14 nitrogen and oxygen atoms in total. The average Bonchev–Trinajstić information content (AvgIpc) is 3.99. The SMILES string of the molecule is Cc1ncsc1-c1ccc(CNC(=O)[C@@H]2C[C@@H](OC(C)(C)C)CN2C(=O)[C@@H](NC(=O)CCOCCOCCOCCOC(N)=O)C(C)(C)CCC2c3ccccc3-c3ccccc32)cc1. The second-order valence-corrected chi connectivity index (χ2v) is 19.1. The van der Waals surface area contributed by atoms with E-state index in [0.29, 0.717) is 32.7 Å². The Kier molecular flexibility index (Phi) is 17.3. The third-order valence-corrected chi connectivity index (χ3v) is 12.8. The molecule has 3 atom stereocenters. The predicted octanol–water partition coefficient (Wildman–Crippen LogP) is 7.16. The van der Waals surface area contributed by atoms with Gasteiger partial charge in [-0.2, -0.15) is 0 Å². The summed E-state index contributed by atoms with van der Waals surface area (Å²) in [5.41, 5.74) is 13.4. The zero-order valence-electron chi connectivity index (χ0n) is 38.6. The molecule has 1 aromatic heterocycles. The molecule has 15 heteroatoms. The van der Waals surface area contributed by atoms with Gasteiger partial charge in [0.25, 0.3) is 0 Å². The second kappa shape index (κ2) is 22.8. The number of benzene rings is 3. The molecular weight excluding hydrogens is 847 g/mol. The predicted molar refractivity (Wildman–Crippen MR) is 250 cm³/mol. The number of amides is 4. The van der Waals surface area contributed by atoms with Gasteiger partial charge in [0.1, 0.15) is 18.7 Å². The minimum Gasteiger partial charge on any atom is -0.447 e. The summed E-state index contributed by atoms with van der Waals surface area (Å²) < 4.78 is 27.6. The maximum Gasteiger partial charge on any atom is 0.404 e. The molecule has 1 aliphatic carbocycles. The van der Waals surface area contributed by atoms with Crippen LogP contribution in [0.5, 0.6) is 0 Å². The van der Waals surface area contributed by atoms with E-state index in [1.54, 1.807) is 16.2 Å². The number of aryl methyl sites for hydroxylation is 1. The van der Waals surface area contributed by atoms with Gasteiger partial charge in [-0.05, 0) is 79.3 Å². The van der Waals surface area contributed by atoms with Gasteiger partial charge in [0.2, 0.25) is 17.7 Å². The first-order valence-corrected chi connectivity index (χ1v) is 23.4. The van der Waals surface area contributed by atoms with E-state index in [-0.39, 0.29) is 75.7 Å². The largest absolute Gasteiger partial charge is 0.447 e. The topological polar surface area (TPSA) is 181 Å². The Bertz CT molecular complexity index is 2180. The Balaban J connectivity index is 1.14. The molecule has 350 valence electrons. The molecule has 0 saturated carbocycles. The number of ether oxygens (including phenoxy) is 5. The van der Waals surface area contributed by atoms with Gasteiger partial charge in [0, 0.05) is 31.8 Å². The first-order chi connectivity index (χ1) is 31.1. The number of nitrogens with zero attached hydrogens (tertiary/aromatic N) is 2. The second-order valence-electron chi connectivity index (χ2n) is 18.3. The van der Waals surface area contributed by atoms with Crippen LogP contribution in [0.4, 0.5) is 4.79 Å². The standard InChI is InChI=1S/C50H65N5O9S/c1-33-44(65-32-53-33)35-17-15-34(16-18-35)30-52-46(57)42-29-36(64-49(2,3)4)31-55(42)47(58)45(54-43(56)20-22-60-23-24-61-25-26-62-27-28-63-48(51)59)50(5,6)21-19-41-39-13-9-7-11-37(39)38-12-8-10-14-40(38)41/h7-18,32,36,41-42,45H,19-31H2,1-6H3,(H2,51,59)(H,52,57)(H,54,56)/t36-,42+,45-/m1/s1. The first kappa shape index (κ1) is 49.2. The number of aromatic nitrogens is 1. The number of hydrogen-bond donors (Lipinski definition) is 3. The normalized spacial score (nSPS) is 16.5. The van der Waals surface area contributed by atoms with Crippen LogP contribution in [0.25, 0.3) is 21.6 Å². The van der Waals surface area contributed by atoms with E-state index >= 15 is 4.79 Å². The van der Waals surface area contributed by atoms with Crippen LogP contribution in [-0.4, -0.2) is 110 Å². The van der Waals surface area contributed by atoms with Gasteiger partial charge in [0.15, 0.2) is 0 Å². The number of fused-ring (bicyclic) bond motifs is 3. The highest BCUT2D eigenvalue weighted by Gasteiger charge is 2.47. The van der Waals surface area contributed by atoms with Gasteiger partial charge in [-0.15, -0.1) is 11.3 Å². The lowest BCUT2D eigenvalue weighted by atomic mass is 9.76. The number of nitrogens with one attached hydrogen (secondary N) is 2. The molecule has 0 bridgehead atoms. The van der Waals surface area contributed by atoms with Crippen molar-refractivity contribution in [1.29, 1.82) is 0 Å². The van der Waals surface area contributed by atoms with Crippen LogP contribution in [-0.2, 0) is 44.6 Å². The summed E-state index contributed by atoms with van der Waals surface area (Å²) in [5, 5.41) is 6.22. The Morgan fingerprint density at radius 2 is 1.43 bits per heavy atom. The zero-order valence-corrected chi connectivity index (χ0v) is 39.4. The number of thiazole rings is 1. The van der Waals surface area contributed by atoms with Crippen molar-refractivity contribution in [2.75, 3.05) is 52.8 Å². The molecule has 0 spiro atoms. The summed E-state index contributed by atoms with van der Waals surface area (Å²) >= 11 is 1.59. The van der Waals surface area contributed by atoms with Crippen LogP contribution in [0.3, 0.4) is 0 Å². The van der Waals surface area contributed by atoms with Crippen LogP contribution in [0.15, 0.2) is 78.3 Å². The van der Waals surface area contributed by atoms with Crippen LogP contribution < -0.4 is 16.4 Å². The number of carbonyl (C=O) groups excluding carboxylic acids is 4. The van der Waals surface area contributed by atoms with Gasteiger partial charge in [-0.1, -0.05) is 86.6 Å². The van der Waals surface area contributed by atoms with E-state index < -0.39 is 29.2 Å². The lowest BCUT2D eigenvalue weighted by Gasteiger charge is -2.38. The molecule has 0 unspecified atom stereocenters. The van der Waals surface area contributed by atoms with Gasteiger partial charge < -0.3 is 45.0 Å². The third-order valence-electron chi connectivity index (χ3n) is 11.9. The third kappa shape index (κ3) is 13.7. The van der Waals surface area contributed by atoms with Crippen molar-refractivity contribution in [3.63, 3.8) is 0 Å². The molecule has 4 N–H and O–H groups in total. The summed E-state index contributed by atoms with van der Waals surface area (Å²) in [7, 11) is 0. The fourth-order valence-electron chi connectivity index (χ4n) is 8.66. The molecule has 2 aliphatic rings. The van der Waals surface area contributed by atoms with Crippen molar-refractivity contribution in [1.82, 2.24) is 20.5 Å². The van der Waals surface area contributed by atoms with Gasteiger partial charge in [-0.25, -0.2) is 9.78 Å². The lowest BCUT2D eigenvalue weighted by Crippen LogP contribution is -2.58. The Labute approximate surface area is 386 Å². The van der Waals surface area contributed by atoms with Crippen molar-refractivity contribution in [2.24, 2.45) is 11.1 Å². The summed E-state index contributed by atoms with van der Waals surface area (Å²) in [6, 6.07) is 23.2. The summed E-state index contributed by atoms with van der Waals surface area (Å²) in [4.78, 5) is 60.9. The van der Waals surface area contributed by atoms with E-state index in [1.807, 2.05) is 71.3 Å². The fourth-order valence-corrected chi connectivity index (χ4v) is 9.48. The zero-order chi connectivity index (χ0) is 46.6. The molecule has 1 aliphatic heterocycles. The van der Waals surface area contributed by atoms with E-state index in [2.05, 4.69) is 68.9 Å². The molecule has 0 radical (unpaired) electrons. The lowest BCUT2D eigenvalue weighted by molar-refractivity contribution is -0.145. The number of carbonyl (C=O) groups is 4. The molecule has 1 saturated heterocycles. The van der Waals surface area contributed by atoms with Crippen LogP contribution in [0.2, 0.25) is 0 Å². The molecule has 3 aromatic carbocycles. The van der Waals surface area contributed by atoms with Crippen molar-refractivity contribution in [3.8, 4) is 21.6 Å². The van der Waals surface area contributed by atoms with Crippen molar-refractivity contribution >= 4 is 35.2 Å². The van der Waals surface area contributed by atoms with Gasteiger partial charge in [0.05, 0.1) is 67.4 Å². The average molecular weight is 912 g/mol. The molecule has 4 amide bonds. The summed E-state index contributed by atoms with van der Waals surface area (Å²) in [6.07, 6.45) is 0.457.